The van der Waals surface area contributed by atoms with Crippen LogP contribution in [-0.4, -0.2) is 58.1 Å². The molecule has 1 atom stereocenters. The summed E-state index contributed by atoms with van der Waals surface area (Å²) in [6.07, 6.45) is 2.11. The van der Waals surface area contributed by atoms with E-state index < -0.39 is 0 Å². The van der Waals surface area contributed by atoms with Gasteiger partial charge in [0.1, 0.15) is 0 Å². The van der Waals surface area contributed by atoms with Gasteiger partial charge in [0.15, 0.2) is 17.3 Å². The second kappa shape index (κ2) is 9.39. The maximum atomic E-state index is 5.54. The van der Waals surface area contributed by atoms with Crippen LogP contribution in [-0.2, 0) is 6.54 Å². The molecule has 5 rings (SSSR count). The predicted octanol–water partition coefficient (Wildman–Crippen LogP) is 3.73. The van der Waals surface area contributed by atoms with Crippen LogP contribution in [0.4, 0.5) is 5.69 Å². The third-order valence-corrected chi connectivity index (χ3v) is 6.65. The van der Waals surface area contributed by atoms with Crippen LogP contribution in [0.1, 0.15) is 48.3 Å². The van der Waals surface area contributed by atoms with E-state index in [-0.39, 0.29) is 12.8 Å². The lowest BCUT2D eigenvalue weighted by molar-refractivity contribution is 0.164. The summed E-state index contributed by atoms with van der Waals surface area (Å²) < 4.78 is 12.9. The van der Waals surface area contributed by atoms with E-state index in [1.54, 1.807) is 0 Å². The molecule has 1 saturated heterocycles. The second-order valence-corrected chi connectivity index (χ2v) is 9.00. The Bertz CT molecular complexity index is 1110. The highest BCUT2D eigenvalue weighted by Crippen LogP contribution is 2.33. The minimum absolute atomic E-state index is 0.208. The van der Waals surface area contributed by atoms with Crippen LogP contribution in [0.15, 0.2) is 36.4 Å². The third-order valence-electron chi connectivity index (χ3n) is 6.65. The Morgan fingerprint density at radius 1 is 0.970 bits per heavy atom. The van der Waals surface area contributed by atoms with Crippen LogP contribution < -0.4 is 14.4 Å². The normalized spacial score (nSPS) is 16.9. The Labute approximate surface area is 195 Å². The van der Waals surface area contributed by atoms with Gasteiger partial charge >= 0.3 is 0 Å². The second-order valence-electron chi connectivity index (χ2n) is 9.00. The predicted molar refractivity (Wildman–Crippen MR) is 127 cm³/mol. The fourth-order valence-electron chi connectivity index (χ4n) is 4.86. The van der Waals surface area contributed by atoms with E-state index in [0.717, 1.165) is 61.9 Å². The minimum atomic E-state index is 0.208. The highest BCUT2D eigenvalue weighted by molar-refractivity contribution is 5.55. The number of benzene rings is 2. The molecule has 0 saturated carbocycles. The number of hydrogen-bond acceptors (Lipinski definition) is 7. The average molecular weight is 449 g/mol. The number of fused-ring (bicyclic) bond motifs is 1. The largest absolute Gasteiger partial charge is 0.454 e. The fraction of sp³-hybridized carbons (Fsp3) is 0.480. The molecule has 3 aromatic rings. The van der Waals surface area contributed by atoms with Crippen LogP contribution in [0.5, 0.6) is 11.5 Å². The van der Waals surface area contributed by atoms with Gasteiger partial charge in [0.25, 0.3) is 0 Å². The van der Waals surface area contributed by atoms with Gasteiger partial charge in [0.05, 0.1) is 12.6 Å². The molecule has 1 fully saturated rings. The Hall–Kier alpha value is -3.13. The first kappa shape index (κ1) is 21.7. The van der Waals surface area contributed by atoms with Gasteiger partial charge in [-0.15, -0.1) is 5.10 Å². The van der Waals surface area contributed by atoms with Crippen molar-refractivity contribution in [1.29, 1.82) is 0 Å². The highest BCUT2D eigenvalue weighted by Gasteiger charge is 2.29. The van der Waals surface area contributed by atoms with Crippen molar-refractivity contribution in [2.75, 3.05) is 37.9 Å². The van der Waals surface area contributed by atoms with Gasteiger partial charge in [-0.05, 0) is 65.6 Å². The molecule has 8 nitrogen and oxygen atoms in total. The SMILES string of the molecule is CCCC(c1nnnn1Cc1ccc2c(c1)OCO2)N1CCN(c2cc(C)ccc2C)CC1. The molecule has 0 aliphatic carbocycles. The lowest BCUT2D eigenvalue weighted by atomic mass is 10.1. The summed E-state index contributed by atoms with van der Waals surface area (Å²) in [4.78, 5) is 5.06. The molecule has 0 amide bonds. The third kappa shape index (κ3) is 4.53. The molecule has 2 aliphatic heterocycles. The number of piperazine rings is 1. The van der Waals surface area contributed by atoms with E-state index in [1.165, 1.54) is 16.8 Å². The molecule has 3 heterocycles. The zero-order valence-electron chi connectivity index (χ0n) is 19.7. The maximum Gasteiger partial charge on any atom is 0.231 e. The van der Waals surface area contributed by atoms with Crippen molar-refractivity contribution < 1.29 is 9.47 Å². The number of tetrazole rings is 1. The van der Waals surface area contributed by atoms with E-state index in [0.29, 0.717) is 6.54 Å². The summed E-state index contributed by atoms with van der Waals surface area (Å²) in [6.45, 7) is 11.5. The molecule has 0 N–H and O–H groups in total. The zero-order valence-corrected chi connectivity index (χ0v) is 19.7. The van der Waals surface area contributed by atoms with Crippen LogP contribution in [0.2, 0.25) is 0 Å². The molecular formula is C25H32N6O2. The summed E-state index contributed by atoms with van der Waals surface area (Å²) in [5.74, 6) is 2.52. The summed E-state index contributed by atoms with van der Waals surface area (Å²) in [6, 6.07) is 13.0. The Morgan fingerprint density at radius 2 is 1.79 bits per heavy atom. The van der Waals surface area contributed by atoms with E-state index in [2.05, 4.69) is 70.4 Å². The molecular weight excluding hydrogens is 416 g/mol. The van der Waals surface area contributed by atoms with Crippen LogP contribution >= 0.6 is 0 Å². The Kier molecular flexibility index (Phi) is 6.17. The van der Waals surface area contributed by atoms with Gasteiger partial charge < -0.3 is 14.4 Å². The highest BCUT2D eigenvalue weighted by atomic mass is 16.7. The fourth-order valence-corrected chi connectivity index (χ4v) is 4.86. The van der Waals surface area contributed by atoms with Crippen LogP contribution in [0.3, 0.4) is 0 Å². The Balaban J connectivity index is 1.31. The summed E-state index contributed by atoms with van der Waals surface area (Å²) in [7, 11) is 0. The van der Waals surface area contributed by atoms with Gasteiger partial charge in [-0.1, -0.05) is 31.5 Å². The molecule has 0 spiro atoms. The van der Waals surface area contributed by atoms with Crippen molar-refractivity contribution in [3.63, 3.8) is 0 Å². The lowest BCUT2D eigenvalue weighted by Crippen LogP contribution is -2.48. The van der Waals surface area contributed by atoms with Gasteiger partial charge in [-0.25, -0.2) is 4.68 Å². The van der Waals surface area contributed by atoms with Crippen LogP contribution in [0.25, 0.3) is 0 Å². The average Bonchev–Trinajstić information content (AvgIpc) is 3.48. The molecule has 33 heavy (non-hydrogen) atoms. The van der Waals surface area contributed by atoms with Crippen molar-refractivity contribution in [3.05, 3.63) is 58.9 Å². The topological polar surface area (TPSA) is 68.5 Å². The molecule has 0 bridgehead atoms. The number of ether oxygens (including phenoxy) is 2. The molecule has 2 aromatic carbocycles. The van der Waals surface area contributed by atoms with Crippen molar-refractivity contribution in [2.45, 2.75) is 46.2 Å². The number of hydrogen-bond donors (Lipinski definition) is 0. The van der Waals surface area contributed by atoms with E-state index >= 15 is 0 Å². The summed E-state index contributed by atoms with van der Waals surface area (Å²) in [5.41, 5.74) is 5.11. The smallest absolute Gasteiger partial charge is 0.231 e. The monoisotopic (exact) mass is 448 g/mol. The first-order chi connectivity index (χ1) is 16.1. The summed E-state index contributed by atoms with van der Waals surface area (Å²) in [5, 5.41) is 12.8. The zero-order chi connectivity index (χ0) is 22.8. The number of rotatable bonds is 7. The van der Waals surface area contributed by atoms with E-state index in [1.807, 2.05) is 16.8 Å². The van der Waals surface area contributed by atoms with Crippen molar-refractivity contribution in [2.24, 2.45) is 0 Å². The van der Waals surface area contributed by atoms with Crippen molar-refractivity contribution >= 4 is 5.69 Å². The maximum absolute atomic E-state index is 5.54. The van der Waals surface area contributed by atoms with Crippen LogP contribution in [0, 0.1) is 13.8 Å². The minimum Gasteiger partial charge on any atom is -0.454 e. The van der Waals surface area contributed by atoms with Crippen molar-refractivity contribution in [3.8, 4) is 11.5 Å². The van der Waals surface area contributed by atoms with Gasteiger partial charge in [0.2, 0.25) is 6.79 Å². The molecule has 1 aromatic heterocycles. The van der Waals surface area contributed by atoms with Gasteiger partial charge in [-0.2, -0.15) is 0 Å². The standard InChI is InChI=1S/C25H32N6O2/c1-4-5-21(29-10-12-30(13-11-29)22-14-18(2)6-7-19(22)3)25-26-27-28-31(25)16-20-8-9-23-24(15-20)33-17-32-23/h6-9,14-15,21H,4-5,10-13,16-17H2,1-3H3. The summed E-state index contributed by atoms with van der Waals surface area (Å²) >= 11 is 0. The number of aromatic nitrogens is 4. The van der Waals surface area contributed by atoms with Crippen molar-refractivity contribution in [1.82, 2.24) is 25.1 Å². The lowest BCUT2D eigenvalue weighted by Gasteiger charge is -2.40. The molecule has 2 aliphatic rings. The van der Waals surface area contributed by atoms with Gasteiger partial charge in [-0.3, -0.25) is 4.90 Å². The Morgan fingerprint density at radius 3 is 2.61 bits per heavy atom. The number of nitrogens with zero attached hydrogens (tertiary/aromatic N) is 6. The molecule has 0 radical (unpaired) electrons. The quantitative estimate of drug-likeness (QED) is 0.545. The van der Waals surface area contributed by atoms with E-state index in [4.69, 9.17) is 9.47 Å². The molecule has 1 unspecified atom stereocenters. The van der Waals surface area contributed by atoms with E-state index in [9.17, 15) is 0 Å². The first-order valence-electron chi connectivity index (χ1n) is 11.8. The molecule has 174 valence electrons. The number of anilines is 1. The van der Waals surface area contributed by atoms with Gasteiger partial charge in [0, 0.05) is 31.9 Å². The number of aryl methyl sites for hydroxylation is 2. The molecule has 8 heteroatoms. The first-order valence-corrected chi connectivity index (χ1v) is 11.8.